The van der Waals surface area contributed by atoms with E-state index in [9.17, 15) is 40.5 Å². The van der Waals surface area contributed by atoms with Crippen molar-refractivity contribution in [2.75, 3.05) is 13.2 Å². The van der Waals surface area contributed by atoms with Gasteiger partial charge in [0, 0.05) is 0 Å². The molecule has 0 aliphatic carbocycles. The summed E-state index contributed by atoms with van der Waals surface area (Å²) in [4.78, 5) is 13.2. The number of ether oxygens (including phenoxy) is 2. The lowest BCUT2D eigenvalue weighted by Crippen LogP contribution is -2.60. The summed E-state index contributed by atoms with van der Waals surface area (Å²) in [7, 11) is 0. The third kappa shape index (κ3) is 43.3. The lowest BCUT2D eigenvalue weighted by molar-refractivity contribution is -0.303. The molecule has 1 rings (SSSR count). The summed E-state index contributed by atoms with van der Waals surface area (Å²) in [5, 5.41) is 76.4. The fraction of sp³-hybridized carbons (Fsp3) is 0.925. The molecule has 9 atom stereocenters. The summed E-state index contributed by atoms with van der Waals surface area (Å²) in [6.45, 7) is 3.50. The van der Waals surface area contributed by atoms with Crippen LogP contribution in [0.15, 0.2) is 24.3 Å². The zero-order valence-corrected chi connectivity index (χ0v) is 50.9. The zero-order chi connectivity index (χ0) is 56.8. The number of hydrogen-bond donors (Lipinski definition) is 8. The van der Waals surface area contributed by atoms with Gasteiger partial charge in [-0.25, -0.2) is 0 Å². The Bertz CT molecular complexity index is 1320. The van der Waals surface area contributed by atoms with Crippen LogP contribution in [-0.2, 0) is 14.3 Å². The summed E-state index contributed by atoms with van der Waals surface area (Å²) in [5.74, 6) is -0.701. The van der Waals surface area contributed by atoms with E-state index < -0.39 is 74.2 Å². The highest BCUT2D eigenvalue weighted by Gasteiger charge is 2.44. The molecule has 0 radical (unpaired) electrons. The average molecular weight is 1110 g/mol. The van der Waals surface area contributed by atoms with Crippen molar-refractivity contribution in [3.05, 3.63) is 24.3 Å². The smallest absolute Gasteiger partial charge is 0.249 e. The van der Waals surface area contributed by atoms with Crippen molar-refractivity contribution in [3.63, 3.8) is 0 Å². The SMILES string of the molecule is CCCCCCCCCCCCCC/C=C\CCCCCCCCCCCCCCC(O)C(=O)NC(COC1OC(CO)C(O)C(O)C1O)C(O)C(O)CCC/C=C/CCCCCCCCCCCCCCCCCCCC. The number of allylic oxidation sites excluding steroid dienone is 4. The van der Waals surface area contributed by atoms with Crippen LogP contribution in [0.2, 0.25) is 0 Å². The number of aliphatic hydroxyl groups is 7. The number of aliphatic hydroxyl groups excluding tert-OH is 7. The Hall–Kier alpha value is -1.41. The van der Waals surface area contributed by atoms with Gasteiger partial charge in [-0.1, -0.05) is 289 Å². The van der Waals surface area contributed by atoms with Crippen molar-refractivity contribution in [3.8, 4) is 0 Å². The van der Waals surface area contributed by atoms with E-state index in [0.29, 0.717) is 12.8 Å². The highest BCUT2D eigenvalue weighted by atomic mass is 16.7. The molecule has 11 heteroatoms. The molecular weight excluding hydrogens is 979 g/mol. The Kier molecular flexibility index (Phi) is 53.6. The minimum Gasteiger partial charge on any atom is -0.394 e. The van der Waals surface area contributed by atoms with Gasteiger partial charge in [-0.2, -0.15) is 0 Å². The number of nitrogens with one attached hydrogen (secondary N) is 1. The van der Waals surface area contributed by atoms with Gasteiger partial charge in [0.15, 0.2) is 6.29 Å². The Morgan fingerprint density at radius 2 is 0.756 bits per heavy atom. The molecule has 8 N–H and O–H groups in total. The zero-order valence-electron chi connectivity index (χ0n) is 50.9. The van der Waals surface area contributed by atoms with Gasteiger partial charge in [0.1, 0.15) is 36.6 Å². The molecule has 1 aliphatic rings. The molecule has 0 aromatic heterocycles. The molecule has 1 amide bonds. The molecule has 1 heterocycles. The Morgan fingerprint density at radius 1 is 0.436 bits per heavy atom. The van der Waals surface area contributed by atoms with E-state index in [1.165, 1.54) is 250 Å². The average Bonchev–Trinajstić information content (AvgIpc) is 3.46. The van der Waals surface area contributed by atoms with Gasteiger partial charge in [0.05, 0.1) is 25.4 Å². The predicted molar refractivity (Wildman–Crippen MR) is 326 cm³/mol. The summed E-state index contributed by atoms with van der Waals surface area (Å²) in [6.07, 6.45) is 58.3. The third-order valence-corrected chi connectivity index (χ3v) is 16.5. The predicted octanol–water partition coefficient (Wildman–Crippen LogP) is 15.6. The van der Waals surface area contributed by atoms with Crippen molar-refractivity contribution >= 4 is 5.91 Å². The Labute approximate surface area is 480 Å². The molecule has 11 nitrogen and oxygen atoms in total. The van der Waals surface area contributed by atoms with E-state index in [0.717, 1.165) is 38.5 Å². The van der Waals surface area contributed by atoms with Crippen LogP contribution in [0, 0.1) is 0 Å². The minimum atomic E-state index is -1.67. The second-order valence-electron chi connectivity index (χ2n) is 23.9. The van der Waals surface area contributed by atoms with Gasteiger partial charge >= 0.3 is 0 Å². The largest absolute Gasteiger partial charge is 0.394 e. The molecule has 1 fully saturated rings. The molecule has 9 unspecified atom stereocenters. The first kappa shape index (κ1) is 74.6. The number of carbonyl (C=O) groups is 1. The molecule has 0 aromatic rings. The number of rotatable bonds is 59. The van der Waals surface area contributed by atoms with Crippen molar-refractivity contribution < 1.29 is 50.0 Å². The maximum absolute atomic E-state index is 13.2. The van der Waals surface area contributed by atoms with Crippen molar-refractivity contribution in [2.45, 2.75) is 384 Å². The molecule has 78 heavy (non-hydrogen) atoms. The van der Waals surface area contributed by atoms with Crippen LogP contribution in [-0.4, -0.2) is 110 Å². The van der Waals surface area contributed by atoms with Crippen LogP contribution in [0.5, 0.6) is 0 Å². The van der Waals surface area contributed by atoms with E-state index in [-0.39, 0.29) is 12.8 Å². The Morgan fingerprint density at radius 3 is 1.10 bits per heavy atom. The van der Waals surface area contributed by atoms with Crippen LogP contribution < -0.4 is 5.32 Å². The van der Waals surface area contributed by atoms with Gasteiger partial charge in [0.2, 0.25) is 5.91 Å². The summed E-state index contributed by atoms with van der Waals surface area (Å²) in [5.41, 5.74) is 0. The first-order chi connectivity index (χ1) is 38.2. The third-order valence-electron chi connectivity index (χ3n) is 16.5. The van der Waals surface area contributed by atoms with E-state index in [1.54, 1.807) is 0 Å². The van der Waals surface area contributed by atoms with E-state index in [2.05, 4.69) is 43.5 Å². The first-order valence-corrected chi connectivity index (χ1v) is 33.7. The van der Waals surface area contributed by atoms with Gasteiger partial charge in [-0.05, 0) is 64.2 Å². The number of unbranched alkanes of at least 4 members (excludes halogenated alkanes) is 43. The summed E-state index contributed by atoms with van der Waals surface area (Å²) in [6, 6.07) is -1.18. The van der Waals surface area contributed by atoms with Crippen LogP contribution >= 0.6 is 0 Å². The molecule has 462 valence electrons. The number of amides is 1. The second kappa shape index (κ2) is 56.1. The van der Waals surface area contributed by atoms with Gasteiger partial charge < -0.3 is 50.5 Å². The van der Waals surface area contributed by atoms with E-state index in [4.69, 9.17) is 9.47 Å². The van der Waals surface area contributed by atoms with Crippen LogP contribution in [0.1, 0.15) is 328 Å². The highest BCUT2D eigenvalue weighted by Crippen LogP contribution is 2.24. The van der Waals surface area contributed by atoms with Crippen LogP contribution in [0.3, 0.4) is 0 Å². The number of carbonyl (C=O) groups excluding carboxylic acids is 1. The quantitative estimate of drug-likeness (QED) is 0.0215. The Balaban J connectivity index is 2.24. The van der Waals surface area contributed by atoms with Crippen molar-refractivity contribution in [2.24, 2.45) is 0 Å². The van der Waals surface area contributed by atoms with Crippen molar-refractivity contribution in [1.29, 1.82) is 0 Å². The maximum atomic E-state index is 13.2. The monoisotopic (exact) mass is 1110 g/mol. The molecule has 1 saturated heterocycles. The highest BCUT2D eigenvalue weighted by molar-refractivity contribution is 5.80. The molecule has 0 aromatic carbocycles. The fourth-order valence-corrected chi connectivity index (χ4v) is 11.0. The molecule has 1 aliphatic heterocycles. The van der Waals surface area contributed by atoms with Gasteiger partial charge in [-0.3, -0.25) is 4.79 Å². The maximum Gasteiger partial charge on any atom is 0.249 e. The molecular formula is C67H129NO10. The van der Waals surface area contributed by atoms with Crippen molar-refractivity contribution in [1.82, 2.24) is 5.32 Å². The molecule has 0 spiro atoms. The lowest BCUT2D eigenvalue weighted by Gasteiger charge is -2.40. The lowest BCUT2D eigenvalue weighted by atomic mass is 9.98. The van der Waals surface area contributed by atoms with Crippen LogP contribution in [0.25, 0.3) is 0 Å². The first-order valence-electron chi connectivity index (χ1n) is 33.7. The van der Waals surface area contributed by atoms with E-state index >= 15 is 0 Å². The van der Waals surface area contributed by atoms with Gasteiger partial charge in [-0.15, -0.1) is 0 Å². The molecule has 0 bridgehead atoms. The van der Waals surface area contributed by atoms with Crippen LogP contribution in [0.4, 0.5) is 0 Å². The molecule has 0 saturated carbocycles. The normalized spacial score (nSPS) is 19.5. The van der Waals surface area contributed by atoms with E-state index in [1.807, 2.05) is 0 Å². The topological polar surface area (TPSA) is 189 Å². The van der Waals surface area contributed by atoms with Gasteiger partial charge in [0.25, 0.3) is 0 Å². The standard InChI is InChI=1S/C67H129NO10/c1-3-5-7-9-11-13-15-17-19-21-23-25-27-28-29-30-31-33-35-37-39-41-43-45-47-49-51-53-55-60(71)66(76)68-58(57-77-67-65(75)64(74)63(73)61(56-69)78-67)62(72)59(70)54-52-50-48-46-44-42-40-38-36-34-32-26-24-22-20-18-16-14-12-10-8-6-4-2/h28-29,46,48,58-65,67,69-75H,3-27,30-45,47,49-57H2,1-2H3,(H,68,76)/b29-28-,48-46+. The fourth-order valence-electron chi connectivity index (χ4n) is 11.0. The summed E-state index contributed by atoms with van der Waals surface area (Å²) >= 11 is 0. The minimum absolute atomic E-state index is 0.256. The number of hydrogen-bond acceptors (Lipinski definition) is 10. The second-order valence-corrected chi connectivity index (χ2v) is 23.9. The summed E-state index contributed by atoms with van der Waals surface area (Å²) < 4.78 is 11.2.